The molecular formula is C14H12F2NO4-. The molecule has 7 heteroatoms. The fourth-order valence-corrected chi connectivity index (χ4v) is 3.11. The number of carboxylic acid groups (broad SMARTS) is 1. The van der Waals surface area contributed by atoms with Gasteiger partial charge in [-0.3, -0.25) is 4.79 Å². The Morgan fingerprint density at radius 3 is 2.43 bits per heavy atom. The van der Waals surface area contributed by atoms with Crippen molar-refractivity contribution >= 4 is 17.6 Å². The first-order valence-corrected chi connectivity index (χ1v) is 6.59. The van der Waals surface area contributed by atoms with E-state index in [2.05, 4.69) is 5.32 Å². The zero-order chi connectivity index (χ0) is 15.1. The van der Waals surface area contributed by atoms with E-state index in [4.69, 9.17) is 4.74 Å². The molecule has 0 saturated carbocycles. The van der Waals surface area contributed by atoms with Gasteiger partial charge < -0.3 is 20.0 Å². The molecule has 4 atom stereocenters. The summed E-state index contributed by atoms with van der Waals surface area (Å²) in [7, 11) is 0. The van der Waals surface area contributed by atoms with Gasteiger partial charge >= 0.3 is 0 Å². The number of carboxylic acids is 1. The Bertz CT molecular complexity index is 607. The van der Waals surface area contributed by atoms with Crippen LogP contribution in [0.3, 0.4) is 0 Å². The molecule has 3 rings (SSSR count). The predicted molar refractivity (Wildman–Crippen MR) is 64.9 cm³/mol. The van der Waals surface area contributed by atoms with E-state index in [9.17, 15) is 23.5 Å². The summed E-state index contributed by atoms with van der Waals surface area (Å²) in [6.07, 6.45) is 0.201. The largest absolute Gasteiger partial charge is 0.550 e. The zero-order valence-electron chi connectivity index (χ0n) is 10.8. The van der Waals surface area contributed by atoms with E-state index in [1.54, 1.807) is 0 Å². The van der Waals surface area contributed by atoms with E-state index in [0.717, 1.165) is 12.1 Å². The molecule has 0 radical (unpaired) electrons. The van der Waals surface area contributed by atoms with E-state index < -0.39 is 47.6 Å². The topological polar surface area (TPSA) is 78.5 Å². The van der Waals surface area contributed by atoms with Gasteiger partial charge in [-0.05, 0) is 25.0 Å². The van der Waals surface area contributed by atoms with Crippen molar-refractivity contribution in [2.75, 3.05) is 5.32 Å². The van der Waals surface area contributed by atoms with Crippen LogP contribution in [-0.4, -0.2) is 24.1 Å². The van der Waals surface area contributed by atoms with Crippen LogP contribution in [0.1, 0.15) is 12.8 Å². The average molecular weight is 296 g/mol. The fourth-order valence-electron chi connectivity index (χ4n) is 3.11. The zero-order valence-corrected chi connectivity index (χ0v) is 10.8. The SMILES string of the molecule is O=C(Nc1ccc(F)c(F)c1)[C@@H]1[C@@H](C(=O)[O-])[C@H]2CC[C@@H]1O2. The van der Waals surface area contributed by atoms with Crippen LogP contribution >= 0.6 is 0 Å². The number of nitrogens with one attached hydrogen (secondary N) is 1. The first-order chi connectivity index (χ1) is 9.97. The van der Waals surface area contributed by atoms with Gasteiger partial charge in [0, 0.05) is 23.6 Å². The van der Waals surface area contributed by atoms with Gasteiger partial charge in [-0.2, -0.15) is 0 Å². The molecule has 2 bridgehead atoms. The molecule has 0 spiro atoms. The Morgan fingerprint density at radius 1 is 1.14 bits per heavy atom. The minimum Gasteiger partial charge on any atom is -0.550 e. The second kappa shape index (κ2) is 5.07. The van der Waals surface area contributed by atoms with Gasteiger partial charge in [-0.1, -0.05) is 0 Å². The highest BCUT2D eigenvalue weighted by Crippen LogP contribution is 2.43. The normalized spacial score (nSPS) is 30.4. The van der Waals surface area contributed by atoms with Crippen molar-refractivity contribution in [1.82, 2.24) is 0 Å². The second-order valence-electron chi connectivity index (χ2n) is 5.28. The van der Waals surface area contributed by atoms with Gasteiger partial charge in [-0.25, -0.2) is 8.78 Å². The van der Waals surface area contributed by atoms with Gasteiger partial charge in [0.05, 0.1) is 18.1 Å². The van der Waals surface area contributed by atoms with Crippen molar-refractivity contribution in [1.29, 1.82) is 0 Å². The number of ether oxygens (including phenoxy) is 1. The van der Waals surface area contributed by atoms with Crippen LogP contribution in [0.15, 0.2) is 18.2 Å². The van der Waals surface area contributed by atoms with Crippen molar-refractivity contribution in [3.8, 4) is 0 Å². The maximum atomic E-state index is 13.1. The van der Waals surface area contributed by atoms with Crippen LogP contribution in [0.2, 0.25) is 0 Å². The number of aliphatic carboxylic acids is 1. The third-order valence-corrected chi connectivity index (χ3v) is 4.04. The number of hydrogen-bond donors (Lipinski definition) is 1. The highest BCUT2D eigenvalue weighted by molar-refractivity contribution is 5.96. The number of fused-ring (bicyclic) bond motifs is 2. The minimum atomic E-state index is -1.33. The molecule has 2 fully saturated rings. The number of halogens is 2. The summed E-state index contributed by atoms with van der Waals surface area (Å²) in [6.45, 7) is 0. The molecule has 5 nitrogen and oxygen atoms in total. The number of rotatable bonds is 3. The van der Waals surface area contributed by atoms with Gasteiger partial charge in [0.2, 0.25) is 5.91 Å². The lowest BCUT2D eigenvalue weighted by Gasteiger charge is -2.27. The standard InChI is InChI=1S/C14H13F2NO4/c15-7-2-1-6(5-8(7)16)17-13(18)11-9-3-4-10(21-9)12(11)14(19)20/h1-2,5,9-12H,3-4H2,(H,17,18)(H,19,20)/p-1/t9-,10+,11-,12-/m0/s1. The van der Waals surface area contributed by atoms with Gasteiger partial charge in [-0.15, -0.1) is 0 Å². The number of hydrogen-bond acceptors (Lipinski definition) is 4. The summed E-state index contributed by atoms with van der Waals surface area (Å²) in [4.78, 5) is 23.4. The Kier molecular flexibility index (Phi) is 3.36. The van der Waals surface area contributed by atoms with Crippen LogP contribution in [-0.2, 0) is 14.3 Å². The highest BCUT2D eigenvalue weighted by atomic mass is 19.2. The third kappa shape index (κ3) is 2.37. The second-order valence-corrected chi connectivity index (χ2v) is 5.28. The summed E-state index contributed by atoms with van der Waals surface area (Å²) in [5, 5.41) is 13.6. The summed E-state index contributed by atoms with van der Waals surface area (Å²) in [5.41, 5.74) is 0.0683. The molecule has 0 unspecified atom stereocenters. The molecule has 112 valence electrons. The Balaban J connectivity index is 1.78. The van der Waals surface area contributed by atoms with E-state index in [-0.39, 0.29) is 5.69 Å². The van der Waals surface area contributed by atoms with Crippen molar-refractivity contribution in [3.05, 3.63) is 29.8 Å². The maximum Gasteiger partial charge on any atom is 0.230 e. The lowest BCUT2D eigenvalue weighted by molar-refractivity contribution is -0.313. The van der Waals surface area contributed by atoms with E-state index in [1.165, 1.54) is 6.07 Å². The summed E-state index contributed by atoms with van der Waals surface area (Å²) < 4.78 is 31.4. The maximum absolute atomic E-state index is 13.1. The van der Waals surface area contributed by atoms with Crippen LogP contribution in [0.4, 0.5) is 14.5 Å². The van der Waals surface area contributed by atoms with Crippen LogP contribution in [0, 0.1) is 23.5 Å². The molecule has 0 aromatic heterocycles. The molecule has 1 aromatic carbocycles. The first-order valence-electron chi connectivity index (χ1n) is 6.59. The predicted octanol–water partition coefficient (Wildman–Crippen LogP) is 0.447. The first kappa shape index (κ1) is 13.9. The van der Waals surface area contributed by atoms with Crippen molar-refractivity contribution < 1.29 is 28.2 Å². The van der Waals surface area contributed by atoms with Crippen LogP contribution in [0.25, 0.3) is 0 Å². The smallest absolute Gasteiger partial charge is 0.230 e. The Hall–Kier alpha value is -2.02. The van der Waals surface area contributed by atoms with Crippen molar-refractivity contribution in [3.63, 3.8) is 0 Å². The van der Waals surface area contributed by atoms with Crippen molar-refractivity contribution in [2.24, 2.45) is 11.8 Å². The van der Waals surface area contributed by atoms with E-state index in [1.807, 2.05) is 0 Å². The number of carbonyl (C=O) groups is 2. The summed E-state index contributed by atoms with van der Waals surface area (Å²) in [6, 6.07) is 2.94. The monoisotopic (exact) mass is 296 g/mol. The Labute approximate surface area is 118 Å². The van der Waals surface area contributed by atoms with Crippen LogP contribution in [0.5, 0.6) is 0 Å². The molecule has 2 aliphatic rings. The summed E-state index contributed by atoms with van der Waals surface area (Å²) in [5.74, 6) is -5.90. The minimum absolute atomic E-state index is 0.0683. The van der Waals surface area contributed by atoms with E-state index >= 15 is 0 Å². The quantitative estimate of drug-likeness (QED) is 0.878. The molecule has 2 heterocycles. The number of carbonyl (C=O) groups excluding carboxylic acids is 2. The van der Waals surface area contributed by atoms with E-state index in [0.29, 0.717) is 12.8 Å². The summed E-state index contributed by atoms with van der Waals surface area (Å²) >= 11 is 0. The van der Waals surface area contributed by atoms with Crippen molar-refractivity contribution in [2.45, 2.75) is 25.0 Å². The molecule has 1 N–H and O–H groups in total. The lowest BCUT2D eigenvalue weighted by Crippen LogP contribution is -2.46. The van der Waals surface area contributed by atoms with Gasteiger partial charge in [0.25, 0.3) is 0 Å². The molecule has 1 amide bonds. The number of benzene rings is 1. The highest BCUT2D eigenvalue weighted by Gasteiger charge is 2.52. The average Bonchev–Trinajstić information content (AvgIpc) is 3.03. The molecule has 0 aliphatic carbocycles. The molecule has 21 heavy (non-hydrogen) atoms. The van der Waals surface area contributed by atoms with Gasteiger partial charge in [0.15, 0.2) is 11.6 Å². The fraction of sp³-hybridized carbons (Fsp3) is 0.429. The van der Waals surface area contributed by atoms with Crippen LogP contribution < -0.4 is 10.4 Å². The number of anilines is 1. The number of amides is 1. The molecule has 2 aliphatic heterocycles. The third-order valence-electron chi connectivity index (χ3n) is 4.04. The lowest BCUT2D eigenvalue weighted by atomic mass is 9.78. The van der Waals surface area contributed by atoms with Gasteiger partial charge in [0.1, 0.15) is 0 Å². The Morgan fingerprint density at radius 2 is 1.81 bits per heavy atom. The molecule has 2 saturated heterocycles. The molecular weight excluding hydrogens is 284 g/mol. The molecule has 1 aromatic rings.